The Labute approximate surface area is 105 Å². The fraction of sp³-hybridized carbons (Fsp3) is 0.286. The van der Waals surface area contributed by atoms with Crippen molar-refractivity contribution < 1.29 is 14.6 Å². The van der Waals surface area contributed by atoms with Gasteiger partial charge in [0.1, 0.15) is 5.82 Å². The molecule has 0 aliphatic carbocycles. The minimum Gasteiger partial charge on any atom is -0.364 e. The van der Waals surface area contributed by atoms with E-state index < -0.39 is 6.29 Å². The monoisotopic (exact) mass is 249 g/mol. The van der Waals surface area contributed by atoms with Crippen LogP contribution in [0.3, 0.4) is 0 Å². The first-order valence-electron chi connectivity index (χ1n) is 5.76. The van der Waals surface area contributed by atoms with E-state index in [1.807, 2.05) is 18.4 Å². The molecule has 2 aromatic rings. The number of aryl methyl sites for hydroxylation is 1. The Morgan fingerprint density at radius 2 is 1.78 bits per heavy atom. The Morgan fingerprint density at radius 3 is 2.28 bits per heavy atom. The highest BCUT2D eigenvalue weighted by Gasteiger charge is 2.14. The number of benzene rings is 1. The van der Waals surface area contributed by atoms with Crippen LogP contribution in [0.25, 0.3) is 0 Å². The van der Waals surface area contributed by atoms with Crippen LogP contribution in [-0.2, 0) is 6.54 Å². The first-order chi connectivity index (χ1) is 8.49. The van der Waals surface area contributed by atoms with Crippen molar-refractivity contribution in [3.8, 4) is 0 Å². The molecule has 2 N–H and O–H groups in total. The zero-order valence-electron chi connectivity index (χ0n) is 10.4. The lowest BCUT2D eigenvalue weighted by atomic mass is 10.2. The van der Waals surface area contributed by atoms with Crippen molar-refractivity contribution in [2.75, 3.05) is 0 Å². The van der Waals surface area contributed by atoms with Crippen LogP contribution in [0.5, 0.6) is 0 Å². The largest absolute Gasteiger partial charge is 0.364 e. The molecular weight excluding hydrogens is 233 g/mol. The molecule has 4 heteroatoms. The third-order valence-electron chi connectivity index (χ3n) is 3.14. The number of nitrogens with zero attached hydrogens (tertiary/aromatic N) is 1. The summed E-state index contributed by atoms with van der Waals surface area (Å²) in [6, 6.07) is 8.05. The van der Waals surface area contributed by atoms with Gasteiger partial charge in [0, 0.05) is 23.5 Å². The highest BCUT2D eigenvalue weighted by molar-refractivity contribution is 5.29. The molecule has 2 rings (SSSR count). The minimum absolute atomic E-state index is 0.258. The molecule has 18 heavy (non-hydrogen) atoms. The molecule has 0 fully saturated rings. The Balaban J connectivity index is 2.32. The molecule has 1 aromatic carbocycles. The van der Waals surface area contributed by atoms with E-state index in [0.717, 1.165) is 17.0 Å². The molecule has 0 amide bonds. The standard InChI is InChI=1S/C14H16FNO2/c1-9-7-13(14(17)18)10(2)16(9)8-11-3-5-12(15)6-4-11/h3-7,14,17-18H,8H2,1-2H3. The van der Waals surface area contributed by atoms with Gasteiger partial charge in [0.25, 0.3) is 0 Å². The summed E-state index contributed by atoms with van der Waals surface area (Å²) in [4.78, 5) is 0. The molecule has 0 saturated carbocycles. The van der Waals surface area contributed by atoms with Crippen molar-refractivity contribution >= 4 is 0 Å². The van der Waals surface area contributed by atoms with Gasteiger partial charge >= 0.3 is 0 Å². The second-order valence-electron chi connectivity index (χ2n) is 4.41. The molecule has 1 aromatic heterocycles. The zero-order chi connectivity index (χ0) is 13.3. The van der Waals surface area contributed by atoms with E-state index >= 15 is 0 Å². The van der Waals surface area contributed by atoms with Crippen LogP contribution in [0.2, 0.25) is 0 Å². The average Bonchev–Trinajstić information content (AvgIpc) is 2.60. The van der Waals surface area contributed by atoms with E-state index in [1.54, 1.807) is 18.2 Å². The van der Waals surface area contributed by atoms with Crippen LogP contribution >= 0.6 is 0 Å². The molecule has 3 nitrogen and oxygen atoms in total. The highest BCUT2D eigenvalue weighted by Crippen LogP contribution is 2.21. The van der Waals surface area contributed by atoms with Crippen molar-refractivity contribution in [2.24, 2.45) is 0 Å². The van der Waals surface area contributed by atoms with E-state index in [-0.39, 0.29) is 5.82 Å². The van der Waals surface area contributed by atoms with Crippen molar-refractivity contribution in [1.29, 1.82) is 0 Å². The van der Waals surface area contributed by atoms with Gasteiger partial charge in [0.2, 0.25) is 0 Å². The number of aromatic nitrogens is 1. The van der Waals surface area contributed by atoms with Gasteiger partial charge in [-0.3, -0.25) is 0 Å². The molecular formula is C14H16FNO2. The molecule has 96 valence electrons. The summed E-state index contributed by atoms with van der Waals surface area (Å²) in [6.45, 7) is 4.33. The summed E-state index contributed by atoms with van der Waals surface area (Å²) in [5.41, 5.74) is 3.23. The normalized spacial score (nSPS) is 11.2. The van der Waals surface area contributed by atoms with Gasteiger partial charge in [-0.1, -0.05) is 12.1 Å². The second kappa shape index (κ2) is 4.92. The topological polar surface area (TPSA) is 45.4 Å². The van der Waals surface area contributed by atoms with Crippen LogP contribution in [-0.4, -0.2) is 14.8 Å². The van der Waals surface area contributed by atoms with Crippen molar-refractivity contribution in [3.63, 3.8) is 0 Å². The molecule has 0 aliphatic heterocycles. The maximum absolute atomic E-state index is 12.8. The molecule has 0 bridgehead atoms. The van der Waals surface area contributed by atoms with Crippen molar-refractivity contribution in [3.05, 3.63) is 58.7 Å². The third kappa shape index (κ3) is 2.44. The second-order valence-corrected chi connectivity index (χ2v) is 4.41. The Hall–Kier alpha value is -1.65. The van der Waals surface area contributed by atoms with Crippen LogP contribution < -0.4 is 0 Å². The molecule has 0 radical (unpaired) electrons. The van der Waals surface area contributed by atoms with Gasteiger partial charge < -0.3 is 14.8 Å². The fourth-order valence-corrected chi connectivity index (χ4v) is 2.10. The molecule has 0 unspecified atom stereocenters. The predicted molar refractivity (Wildman–Crippen MR) is 66.6 cm³/mol. The number of hydrogen-bond donors (Lipinski definition) is 2. The van der Waals surface area contributed by atoms with Gasteiger partial charge in [-0.2, -0.15) is 0 Å². The molecule has 0 atom stereocenters. The summed E-state index contributed by atoms with van der Waals surface area (Å²) in [5.74, 6) is -0.258. The Morgan fingerprint density at radius 1 is 1.17 bits per heavy atom. The molecule has 0 saturated heterocycles. The number of rotatable bonds is 3. The van der Waals surface area contributed by atoms with E-state index in [4.69, 9.17) is 0 Å². The van der Waals surface area contributed by atoms with Crippen molar-refractivity contribution in [1.82, 2.24) is 4.57 Å². The van der Waals surface area contributed by atoms with Crippen LogP contribution in [0.1, 0.15) is 28.8 Å². The van der Waals surface area contributed by atoms with E-state index in [2.05, 4.69) is 0 Å². The number of hydrogen-bond acceptors (Lipinski definition) is 2. The van der Waals surface area contributed by atoms with E-state index in [1.165, 1.54) is 12.1 Å². The van der Waals surface area contributed by atoms with E-state index in [0.29, 0.717) is 12.1 Å². The van der Waals surface area contributed by atoms with Crippen molar-refractivity contribution in [2.45, 2.75) is 26.7 Å². The molecule has 0 spiro atoms. The first kappa shape index (κ1) is 12.8. The summed E-state index contributed by atoms with van der Waals surface area (Å²) in [5, 5.41) is 18.5. The Kier molecular flexibility index (Phi) is 3.50. The lowest BCUT2D eigenvalue weighted by Gasteiger charge is -2.10. The summed E-state index contributed by atoms with van der Waals surface area (Å²) < 4.78 is 14.8. The third-order valence-corrected chi connectivity index (χ3v) is 3.14. The first-order valence-corrected chi connectivity index (χ1v) is 5.76. The van der Waals surface area contributed by atoms with Crippen LogP contribution in [0.4, 0.5) is 4.39 Å². The molecule has 0 aliphatic rings. The minimum atomic E-state index is -1.46. The highest BCUT2D eigenvalue weighted by atomic mass is 19.1. The fourth-order valence-electron chi connectivity index (χ4n) is 2.10. The van der Waals surface area contributed by atoms with Crippen LogP contribution in [0.15, 0.2) is 30.3 Å². The lowest BCUT2D eigenvalue weighted by Crippen LogP contribution is -2.05. The Bertz CT molecular complexity index is 544. The van der Waals surface area contributed by atoms with Gasteiger partial charge in [-0.15, -0.1) is 0 Å². The quantitative estimate of drug-likeness (QED) is 0.820. The smallest absolute Gasteiger partial charge is 0.180 e. The van der Waals surface area contributed by atoms with Crippen LogP contribution in [0, 0.1) is 19.7 Å². The number of halogens is 1. The van der Waals surface area contributed by atoms with Gasteiger partial charge in [0.15, 0.2) is 6.29 Å². The van der Waals surface area contributed by atoms with Gasteiger partial charge in [0.05, 0.1) is 0 Å². The molecule has 1 heterocycles. The number of aliphatic hydroxyl groups is 2. The lowest BCUT2D eigenvalue weighted by molar-refractivity contribution is -0.0429. The SMILES string of the molecule is Cc1cc(C(O)O)c(C)n1Cc1ccc(F)cc1. The average molecular weight is 249 g/mol. The van der Waals surface area contributed by atoms with E-state index in [9.17, 15) is 14.6 Å². The maximum Gasteiger partial charge on any atom is 0.180 e. The zero-order valence-corrected chi connectivity index (χ0v) is 10.4. The summed E-state index contributed by atoms with van der Waals surface area (Å²) in [7, 11) is 0. The number of aliphatic hydroxyl groups excluding tert-OH is 1. The van der Waals surface area contributed by atoms with Gasteiger partial charge in [-0.05, 0) is 37.6 Å². The maximum atomic E-state index is 12.8. The summed E-state index contributed by atoms with van der Waals surface area (Å²) in [6.07, 6.45) is -1.46. The predicted octanol–water partition coefficient (Wildman–Crippen LogP) is 2.28. The van der Waals surface area contributed by atoms with Gasteiger partial charge in [-0.25, -0.2) is 4.39 Å². The summed E-state index contributed by atoms with van der Waals surface area (Å²) >= 11 is 0.